The average molecular weight is 475 g/mol. The number of hydrogen-bond acceptors (Lipinski definition) is 2. The standard InChI is InChI=1S/C16H15F2N.C15H21N/c1-11(2)14-5-4-8-19(12(14)3)10-13-6-7-15(17)16(18)9-13;1-11-6-8-14(9-7-11)12(2)15-5-4-10-16-13(15)3/h4-9H,1,3,10H2,2H3;4-5,10-11,14H,2,6-9H2,1,3H3. The maximum atomic E-state index is 13.2. The maximum absolute atomic E-state index is 13.2. The highest BCUT2D eigenvalue weighted by Crippen LogP contribution is 2.37. The summed E-state index contributed by atoms with van der Waals surface area (Å²) in [6, 6.07) is 8.08. The smallest absolute Gasteiger partial charge is 0.159 e. The number of aryl methyl sites for hydroxylation is 1. The largest absolute Gasteiger partial charge is 0.344 e. The van der Waals surface area contributed by atoms with Crippen molar-refractivity contribution in [2.75, 3.05) is 0 Å². The molecule has 0 unspecified atom stereocenters. The van der Waals surface area contributed by atoms with Crippen LogP contribution in [-0.4, -0.2) is 9.88 Å². The van der Waals surface area contributed by atoms with Gasteiger partial charge in [0, 0.05) is 30.3 Å². The van der Waals surface area contributed by atoms with Crippen molar-refractivity contribution in [1.82, 2.24) is 9.88 Å². The van der Waals surface area contributed by atoms with Gasteiger partial charge in [0.25, 0.3) is 0 Å². The molecule has 1 saturated carbocycles. The molecule has 0 bridgehead atoms. The average Bonchev–Trinajstić information content (AvgIpc) is 2.83. The summed E-state index contributed by atoms with van der Waals surface area (Å²) < 4.78 is 26.1. The summed E-state index contributed by atoms with van der Waals surface area (Å²) in [6.45, 7) is 19.0. The lowest BCUT2D eigenvalue weighted by Crippen LogP contribution is -2.19. The number of pyridine rings is 1. The van der Waals surface area contributed by atoms with Gasteiger partial charge in [0.1, 0.15) is 0 Å². The van der Waals surface area contributed by atoms with E-state index in [0.717, 1.165) is 34.5 Å². The van der Waals surface area contributed by atoms with Crippen LogP contribution in [0.1, 0.15) is 56.4 Å². The molecule has 4 heteroatoms. The zero-order valence-electron chi connectivity index (χ0n) is 21.2. The van der Waals surface area contributed by atoms with Crippen molar-refractivity contribution in [3.63, 3.8) is 0 Å². The van der Waals surface area contributed by atoms with Crippen LogP contribution in [0.25, 0.3) is 5.57 Å². The summed E-state index contributed by atoms with van der Waals surface area (Å²) >= 11 is 0. The third-order valence-corrected chi connectivity index (χ3v) is 6.84. The molecule has 4 rings (SSSR count). The molecule has 1 aromatic carbocycles. The number of benzene rings is 1. The molecular weight excluding hydrogens is 438 g/mol. The first-order chi connectivity index (χ1) is 16.7. The predicted molar refractivity (Wildman–Crippen MR) is 142 cm³/mol. The topological polar surface area (TPSA) is 16.1 Å². The van der Waals surface area contributed by atoms with Crippen molar-refractivity contribution >= 4 is 5.57 Å². The van der Waals surface area contributed by atoms with Gasteiger partial charge in [-0.25, -0.2) is 8.78 Å². The Morgan fingerprint density at radius 3 is 2.43 bits per heavy atom. The Balaban J connectivity index is 0.000000198. The highest BCUT2D eigenvalue weighted by Gasteiger charge is 2.22. The van der Waals surface area contributed by atoms with Crippen molar-refractivity contribution in [3.05, 3.63) is 120 Å². The Labute approximate surface area is 209 Å². The van der Waals surface area contributed by atoms with Crippen molar-refractivity contribution in [3.8, 4) is 0 Å². The molecule has 2 heterocycles. The Morgan fingerprint density at radius 2 is 1.80 bits per heavy atom. The van der Waals surface area contributed by atoms with Gasteiger partial charge in [-0.05, 0) is 90.6 Å². The minimum atomic E-state index is -0.834. The van der Waals surface area contributed by atoms with Gasteiger partial charge < -0.3 is 4.90 Å². The molecular formula is C31H36F2N2. The number of nitrogens with zero attached hydrogens (tertiary/aromatic N) is 2. The Bertz CT molecular complexity index is 1150. The SMILES string of the molecule is C=C(C)C1=CC=CN(Cc2ccc(F)c(F)c2)C1=C.C=C(c1cccnc1C)C1CCC(C)CC1. The maximum Gasteiger partial charge on any atom is 0.159 e. The zero-order valence-corrected chi connectivity index (χ0v) is 21.2. The summed E-state index contributed by atoms with van der Waals surface area (Å²) in [5.41, 5.74) is 7.06. The van der Waals surface area contributed by atoms with E-state index in [-0.39, 0.29) is 0 Å². The van der Waals surface area contributed by atoms with Crippen LogP contribution in [0.3, 0.4) is 0 Å². The van der Waals surface area contributed by atoms with E-state index >= 15 is 0 Å². The van der Waals surface area contributed by atoms with E-state index in [9.17, 15) is 8.78 Å². The number of allylic oxidation sites excluding steroid dienone is 4. The van der Waals surface area contributed by atoms with E-state index in [2.05, 4.69) is 44.6 Å². The van der Waals surface area contributed by atoms with Crippen molar-refractivity contribution in [1.29, 1.82) is 0 Å². The van der Waals surface area contributed by atoms with Crippen molar-refractivity contribution < 1.29 is 8.78 Å². The molecule has 1 aliphatic carbocycles. The summed E-state index contributed by atoms with van der Waals surface area (Å²) in [5.74, 6) is -0.0859. The number of aromatic nitrogens is 1. The molecule has 1 fully saturated rings. The molecule has 0 N–H and O–H groups in total. The van der Waals surface area contributed by atoms with Crippen LogP contribution in [0.5, 0.6) is 0 Å². The van der Waals surface area contributed by atoms with Crippen LogP contribution in [0.4, 0.5) is 8.78 Å². The molecule has 1 aromatic heterocycles. The lowest BCUT2D eigenvalue weighted by atomic mass is 9.77. The van der Waals surface area contributed by atoms with E-state index in [0.29, 0.717) is 18.0 Å². The summed E-state index contributed by atoms with van der Waals surface area (Å²) in [6.07, 6.45) is 12.8. The van der Waals surface area contributed by atoms with Crippen LogP contribution in [0, 0.1) is 30.4 Å². The second-order valence-electron chi connectivity index (χ2n) is 9.64. The fraction of sp³-hybridized carbons (Fsp3) is 0.323. The molecule has 0 atom stereocenters. The third-order valence-electron chi connectivity index (χ3n) is 6.84. The summed E-state index contributed by atoms with van der Waals surface area (Å²) in [5, 5.41) is 0. The molecule has 0 spiro atoms. The number of rotatable bonds is 5. The number of hydrogen-bond donors (Lipinski definition) is 0. The Kier molecular flexibility index (Phi) is 8.97. The van der Waals surface area contributed by atoms with Gasteiger partial charge in [0.2, 0.25) is 0 Å². The van der Waals surface area contributed by atoms with E-state index in [1.165, 1.54) is 42.9 Å². The minimum Gasteiger partial charge on any atom is -0.344 e. The third kappa shape index (κ3) is 6.88. The van der Waals surface area contributed by atoms with Crippen LogP contribution in [0.2, 0.25) is 0 Å². The van der Waals surface area contributed by atoms with Crippen LogP contribution in [-0.2, 0) is 6.54 Å². The van der Waals surface area contributed by atoms with E-state index in [4.69, 9.17) is 0 Å². The molecule has 35 heavy (non-hydrogen) atoms. The normalized spacial score (nSPS) is 19.5. The Hall–Kier alpha value is -3.27. The van der Waals surface area contributed by atoms with Gasteiger partial charge in [-0.15, -0.1) is 0 Å². The molecule has 0 saturated heterocycles. The monoisotopic (exact) mass is 474 g/mol. The van der Waals surface area contributed by atoms with Gasteiger partial charge in [-0.2, -0.15) is 0 Å². The van der Waals surface area contributed by atoms with E-state index < -0.39 is 11.6 Å². The quantitative estimate of drug-likeness (QED) is 0.432. The molecule has 2 aliphatic rings. The fourth-order valence-corrected chi connectivity index (χ4v) is 4.61. The molecule has 1 aliphatic heterocycles. The van der Waals surface area contributed by atoms with Gasteiger partial charge in [0.15, 0.2) is 11.6 Å². The zero-order chi connectivity index (χ0) is 25.5. The minimum absolute atomic E-state index is 0.442. The highest BCUT2D eigenvalue weighted by atomic mass is 19.2. The second-order valence-corrected chi connectivity index (χ2v) is 9.64. The molecule has 0 amide bonds. The van der Waals surface area contributed by atoms with Crippen LogP contribution >= 0.6 is 0 Å². The predicted octanol–water partition coefficient (Wildman–Crippen LogP) is 8.54. The lowest BCUT2D eigenvalue weighted by Gasteiger charge is -2.28. The van der Waals surface area contributed by atoms with Crippen LogP contribution in [0.15, 0.2) is 91.5 Å². The summed E-state index contributed by atoms with van der Waals surface area (Å²) in [4.78, 5) is 6.23. The first-order valence-corrected chi connectivity index (χ1v) is 12.2. The number of halogens is 2. The van der Waals surface area contributed by atoms with Crippen molar-refractivity contribution in [2.24, 2.45) is 11.8 Å². The van der Waals surface area contributed by atoms with Gasteiger partial charge in [0.05, 0.1) is 0 Å². The highest BCUT2D eigenvalue weighted by molar-refractivity contribution is 5.66. The van der Waals surface area contributed by atoms with E-state index in [1.54, 1.807) is 6.07 Å². The lowest BCUT2D eigenvalue weighted by molar-refractivity contribution is 0.337. The summed E-state index contributed by atoms with van der Waals surface area (Å²) in [7, 11) is 0. The fourth-order valence-electron chi connectivity index (χ4n) is 4.61. The molecule has 2 aromatic rings. The molecule has 2 nitrogen and oxygen atoms in total. The van der Waals surface area contributed by atoms with Gasteiger partial charge >= 0.3 is 0 Å². The molecule has 184 valence electrons. The van der Waals surface area contributed by atoms with Gasteiger partial charge in [-0.3, -0.25) is 4.98 Å². The Morgan fingerprint density at radius 1 is 1.09 bits per heavy atom. The molecule has 0 radical (unpaired) electrons. The van der Waals surface area contributed by atoms with Crippen molar-refractivity contribution in [2.45, 2.75) is 53.0 Å². The van der Waals surface area contributed by atoms with Gasteiger partial charge in [-0.1, -0.05) is 57.7 Å². The first kappa shape index (κ1) is 26.3. The van der Waals surface area contributed by atoms with Crippen LogP contribution < -0.4 is 0 Å². The first-order valence-electron chi connectivity index (χ1n) is 12.2. The van der Waals surface area contributed by atoms with E-state index in [1.807, 2.05) is 42.4 Å². The second kappa shape index (κ2) is 11.9.